The summed E-state index contributed by atoms with van der Waals surface area (Å²) in [5.41, 5.74) is 0. The number of rotatable bonds is 5. The molecule has 0 aromatic carbocycles. The second-order valence-corrected chi connectivity index (χ2v) is 7.14. The monoisotopic (exact) mass is 264 g/mol. The fourth-order valence-electron chi connectivity index (χ4n) is 4.75. The summed E-state index contributed by atoms with van der Waals surface area (Å²) in [7, 11) is 0. The van der Waals surface area contributed by atoms with E-state index in [-0.39, 0.29) is 0 Å². The Morgan fingerprint density at radius 2 is 1.68 bits per heavy atom. The second-order valence-electron chi connectivity index (χ2n) is 7.14. The highest BCUT2D eigenvalue weighted by molar-refractivity contribution is 4.89. The Morgan fingerprint density at radius 1 is 0.842 bits per heavy atom. The van der Waals surface area contributed by atoms with Gasteiger partial charge >= 0.3 is 0 Å². The molecule has 1 aliphatic heterocycles. The molecule has 2 atom stereocenters. The van der Waals surface area contributed by atoms with Crippen molar-refractivity contribution in [1.82, 2.24) is 10.2 Å². The van der Waals surface area contributed by atoms with Gasteiger partial charge in [0.2, 0.25) is 0 Å². The first-order valence-electron chi connectivity index (χ1n) is 8.88. The summed E-state index contributed by atoms with van der Waals surface area (Å²) >= 11 is 0. The van der Waals surface area contributed by atoms with Crippen molar-refractivity contribution in [2.45, 2.75) is 70.3 Å². The Hall–Kier alpha value is -0.0800. The maximum atomic E-state index is 3.74. The standard InChI is InChI=1S/C17H32N2/c1-2-6-15(7-3-1)14-18-11-13-19-12-5-9-16-8-4-10-17(16)19/h15-18H,1-14H2. The molecule has 3 fully saturated rings. The molecule has 0 aromatic rings. The molecule has 1 saturated heterocycles. The van der Waals surface area contributed by atoms with Crippen LogP contribution in [0.3, 0.4) is 0 Å². The average Bonchev–Trinajstić information content (AvgIpc) is 2.94. The van der Waals surface area contributed by atoms with Gasteiger partial charge in [0.15, 0.2) is 0 Å². The van der Waals surface area contributed by atoms with Crippen molar-refractivity contribution >= 4 is 0 Å². The van der Waals surface area contributed by atoms with Gasteiger partial charge in [-0.05, 0) is 63.5 Å². The van der Waals surface area contributed by atoms with Gasteiger partial charge in [0.05, 0.1) is 0 Å². The molecule has 0 amide bonds. The number of nitrogens with one attached hydrogen (secondary N) is 1. The minimum absolute atomic E-state index is 0.949. The maximum Gasteiger partial charge on any atom is 0.0124 e. The number of fused-ring (bicyclic) bond motifs is 1. The van der Waals surface area contributed by atoms with E-state index in [4.69, 9.17) is 0 Å². The normalized spacial score (nSPS) is 33.5. The van der Waals surface area contributed by atoms with Crippen molar-refractivity contribution in [3.05, 3.63) is 0 Å². The van der Waals surface area contributed by atoms with Crippen molar-refractivity contribution in [2.24, 2.45) is 11.8 Å². The van der Waals surface area contributed by atoms with Gasteiger partial charge in [-0.2, -0.15) is 0 Å². The van der Waals surface area contributed by atoms with Crippen molar-refractivity contribution in [3.8, 4) is 0 Å². The third-order valence-corrected chi connectivity index (χ3v) is 5.84. The van der Waals surface area contributed by atoms with Gasteiger partial charge in [0.25, 0.3) is 0 Å². The number of hydrogen-bond donors (Lipinski definition) is 1. The zero-order valence-electron chi connectivity index (χ0n) is 12.6. The fourth-order valence-corrected chi connectivity index (χ4v) is 4.75. The molecule has 3 rings (SSSR count). The molecule has 0 bridgehead atoms. The van der Waals surface area contributed by atoms with Crippen LogP contribution in [-0.4, -0.2) is 37.1 Å². The molecule has 0 spiro atoms. The van der Waals surface area contributed by atoms with E-state index < -0.39 is 0 Å². The van der Waals surface area contributed by atoms with Crippen molar-refractivity contribution < 1.29 is 0 Å². The van der Waals surface area contributed by atoms with Gasteiger partial charge in [-0.25, -0.2) is 0 Å². The van der Waals surface area contributed by atoms with Crippen LogP contribution in [-0.2, 0) is 0 Å². The molecule has 2 nitrogen and oxygen atoms in total. The minimum atomic E-state index is 0.949. The number of hydrogen-bond acceptors (Lipinski definition) is 2. The van der Waals surface area contributed by atoms with Crippen molar-refractivity contribution in [1.29, 1.82) is 0 Å². The summed E-state index contributed by atoms with van der Waals surface area (Å²) in [6.45, 7) is 5.17. The van der Waals surface area contributed by atoms with Gasteiger partial charge in [-0.15, -0.1) is 0 Å². The van der Waals surface area contributed by atoms with E-state index in [0.717, 1.165) is 17.9 Å². The highest BCUT2D eigenvalue weighted by Crippen LogP contribution is 2.36. The molecule has 1 N–H and O–H groups in total. The molecule has 2 saturated carbocycles. The van der Waals surface area contributed by atoms with E-state index in [2.05, 4.69) is 10.2 Å². The van der Waals surface area contributed by atoms with Crippen LogP contribution >= 0.6 is 0 Å². The van der Waals surface area contributed by atoms with Crippen LogP contribution in [0.5, 0.6) is 0 Å². The average molecular weight is 264 g/mol. The summed E-state index contributed by atoms with van der Waals surface area (Å²) in [5.74, 6) is 2.03. The van der Waals surface area contributed by atoms with E-state index in [1.54, 1.807) is 0 Å². The lowest BCUT2D eigenvalue weighted by molar-refractivity contribution is 0.113. The lowest BCUT2D eigenvalue weighted by atomic mass is 9.89. The molecular weight excluding hydrogens is 232 g/mol. The Labute approximate surface area is 119 Å². The van der Waals surface area contributed by atoms with Crippen LogP contribution in [0.25, 0.3) is 0 Å². The van der Waals surface area contributed by atoms with E-state index >= 15 is 0 Å². The lowest BCUT2D eigenvalue weighted by Gasteiger charge is -2.38. The highest BCUT2D eigenvalue weighted by Gasteiger charge is 2.34. The van der Waals surface area contributed by atoms with Gasteiger partial charge in [0.1, 0.15) is 0 Å². The van der Waals surface area contributed by atoms with Gasteiger partial charge in [-0.3, -0.25) is 4.90 Å². The van der Waals surface area contributed by atoms with E-state index in [0.29, 0.717) is 0 Å². The zero-order chi connectivity index (χ0) is 12.9. The minimum Gasteiger partial charge on any atom is -0.315 e. The van der Waals surface area contributed by atoms with Crippen LogP contribution in [0, 0.1) is 11.8 Å². The highest BCUT2D eigenvalue weighted by atomic mass is 15.2. The summed E-state index contributed by atoms with van der Waals surface area (Å²) in [6.07, 6.45) is 14.8. The van der Waals surface area contributed by atoms with Gasteiger partial charge in [-0.1, -0.05) is 25.7 Å². The van der Waals surface area contributed by atoms with Crippen LogP contribution in [0.4, 0.5) is 0 Å². The van der Waals surface area contributed by atoms with E-state index in [1.807, 2.05) is 0 Å². The molecule has 1 heterocycles. The SMILES string of the molecule is C1CCC(CNCCN2CCCC3CCCC32)CC1. The predicted molar refractivity (Wildman–Crippen MR) is 81.4 cm³/mol. The second kappa shape index (κ2) is 7.08. The van der Waals surface area contributed by atoms with Gasteiger partial charge in [0, 0.05) is 19.1 Å². The topological polar surface area (TPSA) is 15.3 Å². The van der Waals surface area contributed by atoms with Crippen LogP contribution < -0.4 is 5.32 Å². The Kier molecular flexibility index (Phi) is 5.17. The molecular formula is C17H32N2. The summed E-state index contributed by atoms with van der Waals surface area (Å²) in [4.78, 5) is 2.80. The number of piperidine rings is 1. The van der Waals surface area contributed by atoms with Crippen molar-refractivity contribution in [2.75, 3.05) is 26.2 Å². The van der Waals surface area contributed by atoms with Crippen LogP contribution in [0.15, 0.2) is 0 Å². The van der Waals surface area contributed by atoms with Crippen LogP contribution in [0.2, 0.25) is 0 Å². The largest absolute Gasteiger partial charge is 0.315 e. The molecule has 0 radical (unpaired) electrons. The molecule has 19 heavy (non-hydrogen) atoms. The summed E-state index contributed by atoms with van der Waals surface area (Å²) < 4.78 is 0. The molecule has 2 heteroatoms. The third-order valence-electron chi connectivity index (χ3n) is 5.84. The first kappa shape index (κ1) is 13.9. The Bertz CT molecular complexity index is 260. The Balaban J connectivity index is 1.33. The zero-order valence-corrected chi connectivity index (χ0v) is 12.6. The molecule has 3 aliphatic rings. The van der Waals surface area contributed by atoms with E-state index in [9.17, 15) is 0 Å². The first-order valence-corrected chi connectivity index (χ1v) is 8.88. The van der Waals surface area contributed by atoms with Gasteiger partial charge < -0.3 is 5.32 Å². The van der Waals surface area contributed by atoms with Crippen molar-refractivity contribution in [3.63, 3.8) is 0 Å². The predicted octanol–water partition coefficient (Wildman–Crippen LogP) is 3.42. The molecule has 2 unspecified atom stereocenters. The lowest BCUT2D eigenvalue weighted by Crippen LogP contribution is -2.45. The quantitative estimate of drug-likeness (QED) is 0.765. The Morgan fingerprint density at radius 3 is 2.58 bits per heavy atom. The molecule has 2 aliphatic carbocycles. The first-order chi connectivity index (χ1) is 9.43. The fraction of sp³-hybridized carbons (Fsp3) is 1.00. The van der Waals surface area contributed by atoms with Crippen LogP contribution in [0.1, 0.15) is 64.2 Å². The number of nitrogens with zero attached hydrogens (tertiary/aromatic N) is 1. The summed E-state index contributed by atoms with van der Waals surface area (Å²) in [5, 5.41) is 3.74. The molecule has 110 valence electrons. The third kappa shape index (κ3) is 3.72. The van der Waals surface area contributed by atoms with E-state index in [1.165, 1.54) is 90.4 Å². The number of likely N-dealkylation sites (tertiary alicyclic amines) is 1. The maximum absolute atomic E-state index is 3.74. The molecule has 0 aromatic heterocycles. The smallest absolute Gasteiger partial charge is 0.0124 e. The summed E-state index contributed by atoms with van der Waals surface area (Å²) in [6, 6.07) is 0.949.